The molecule has 0 amide bonds. The monoisotopic (exact) mass is 543 g/mol. The van der Waals surface area contributed by atoms with Crippen LogP contribution in [0.5, 0.6) is 0 Å². The topological polar surface area (TPSA) is 86.0 Å². The summed E-state index contributed by atoms with van der Waals surface area (Å²) in [5, 5.41) is 20.3. The van der Waals surface area contributed by atoms with Crippen LogP contribution in [0.25, 0.3) is 22.2 Å². The van der Waals surface area contributed by atoms with Gasteiger partial charge in [0.2, 0.25) is 0 Å². The van der Waals surface area contributed by atoms with Crippen LogP contribution in [-0.4, -0.2) is 64.3 Å². The number of benzene rings is 2. The number of likely N-dealkylation sites (tertiary alicyclic amines) is 1. The lowest BCUT2D eigenvalue weighted by Gasteiger charge is -2.34. The van der Waals surface area contributed by atoms with Gasteiger partial charge in [0.1, 0.15) is 0 Å². The lowest BCUT2D eigenvalue weighted by atomic mass is 9.81. The lowest BCUT2D eigenvalue weighted by molar-refractivity contribution is -0.138. The van der Waals surface area contributed by atoms with Crippen molar-refractivity contribution in [3.8, 4) is 11.3 Å². The molecule has 7 nitrogen and oxygen atoms in total. The molecule has 0 unspecified atom stereocenters. The van der Waals surface area contributed by atoms with Gasteiger partial charge in [0.15, 0.2) is 0 Å². The van der Waals surface area contributed by atoms with Gasteiger partial charge in [0.25, 0.3) is 0 Å². The van der Waals surface area contributed by atoms with Crippen molar-refractivity contribution >= 4 is 28.5 Å². The van der Waals surface area contributed by atoms with E-state index in [9.17, 15) is 19.8 Å². The highest BCUT2D eigenvalue weighted by Gasteiger charge is 2.31. The number of carbonyl (C=O) groups is 2. The van der Waals surface area contributed by atoms with Gasteiger partial charge >= 0.3 is 11.9 Å². The molecule has 1 saturated carbocycles. The summed E-state index contributed by atoms with van der Waals surface area (Å²) in [6, 6.07) is 12.5. The van der Waals surface area contributed by atoms with E-state index in [1.165, 1.54) is 65.6 Å². The second-order valence-electron chi connectivity index (χ2n) is 12.2. The fourth-order valence-electron chi connectivity index (χ4n) is 7.54. The van der Waals surface area contributed by atoms with Crippen LogP contribution in [0.4, 0.5) is 5.69 Å². The molecule has 2 aliphatic heterocycles. The van der Waals surface area contributed by atoms with Crippen LogP contribution in [0.15, 0.2) is 36.4 Å². The third kappa shape index (κ3) is 5.24. The third-order valence-corrected chi connectivity index (χ3v) is 9.46. The molecule has 3 aromatic rings. The number of hydrogen-bond acceptors (Lipinski definition) is 4. The zero-order valence-electron chi connectivity index (χ0n) is 23.6. The Morgan fingerprint density at radius 2 is 1.73 bits per heavy atom. The molecule has 1 aromatic heterocycles. The Morgan fingerprint density at radius 3 is 2.50 bits per heavy atom. The van der Waals surface area contributed by atoms with Crippen molar-refractivity contribution in [1.82, 2.24) is 9.47 Å². The van der Waals surface area contributed by atoms with E-state index < -0.39 is 11.9 Å². The minimum atomic E-state index is -0.884. The van der Waals surface area contributed by atoms with Gasteiger partial charge in [-0.15, -0.1) is 0 Å². The largest absolute Gasteiger partial charge is 0.481 e. The van der Waals surface area contributed by atoms with Gasteiger partial charge in [-0.3, -0.25) is 4.79 Å². The van der Waals surface area contributed by atoms with Crippen LogP contribution in [0.3, 0.4) is 0 Å². The highest BCUT2D eigenvalue weighted by Crippen LogP contribution is 2.47. The van der Waals surface area contributed by atoms with Crippen molar-refractivity contribution in [1.29, 1.82) is 0 Å². The fourth-order valence-corrected chi connectivity index (χ4v) is 7.54. The molecule has 2 N–H and O–H groups in total. The summed E-state index contributed by atoms with van der Waals surface area (Å²) >= 11 is 0. The van der Waals surface area contributed by atoms with Crippen LogP contribution in [0.1, 0.15) is 78.8 Å². The first kappa shape index (κ1) is 26.9. The number of hydrogen-bond donors (Lipinski definition) is 2. The van der Waals surface area contributed by atoms with Gasteiger partial charge in [-0.25, -0.2) is 4.79 Å². The van der Waals surface area contributed by atoms with Crippen molar-refractivity contribution in [3.63, 3.8) is 0 Å². The van der Waals surface area contributed by atoms with Crippen LogP contribution >= 0.6 is 0 Å². The number of aliphatic carboxylic acids is 1. The first-order chi connectivity index (χ1) is 19.4. The van der Waals surface area contributed by atoms with Gasteiger partial charge in [0.05, 0.1) is 11.3 Å². The average molecular weight is 544 g/mol. The number of rotatable bonds is 7. The highest BCUT2D eigenvalue weighted by atomic mass is 16.4. The van der Waals surface area contributed by atoms with Gasteiger partial charge in [0, 0.05) is 61.3 Å². The average Bonchev–Trinajstić information content (AvgIpc) is 3.17. The molecule has 3 aliphatic rings. The normalized spacial score (nSPS) is 20.2. The Balaban J connectivity index is 1.39. The first-order valence-electron chi connectivity index (χ1n) is 15.1. The molecule has 0 radical (unpaired) electrons. The molecule has 0 bridgehead atoms. The number of carboxylic acid groups (broad SMARTS) is 2. The number of aromatic carboxylic acids is 1. The highest BCUT2D eigenvalue weighted by molar-refractivity contribution is 5.99. The Hall–Kier alpha value is -3.32. The third-order valence-electron chi connectivity index (χ3n) is 9.46. The maximum Gasteiger partial charge on any atom is 0.335 e. The Morgan fingerprint density at radius 1 is 0.900 bits per heavy atom. The molecule has 0 spiro atoms. The van der Waals surface area contributed by atoms with Crippen LogP contribution in [0.2, 0.25) is 0 Å². The van der Waals surface area contributed by atoms with E-state index >= 15 is 0 Å². The lowest BCUT2D eigenvalue weighted by Crippen LogP contribution is -2.41. The van der Waals surface area contributed by atoms with Crippen LogP contribution < -0.4 is 4.90 Å². The van der Waals surface area contributed by atoms with Gasteiger partial charge < -0.3 is 24.6 Å². The SMILES string of the molecule is Cc1ccc2c(c1)N(CCN1CCC[C@@H](CC(=O)O)C1)CCn1c-2c(C2CCCCC2)c2ccc(C(=O)O)cc21. The summed E-state index contributed by atoms with van der Waals surface area (Å²) in [6.45, 7) is 7.49. The van der Waals surface area contributed by atoms with E-state index in [1.807, 2.05) is 6.07 Å². The molecular formula is C33H41N3O4. The zero-order chi connectivity index (χ0) is 27.8. The molecule has 1 aliphatic carbocycles. The first-order valence-corrected chi connectivity index (χ1v) is 15.1. The van der Waals surface area contributed by atoms with E-state index in [0.717, 1.165) is 57.6 Å². The van der Waals surface area contributed by atoms with Crippen molar-refractivity contribution in [2.24, 2.45) is 5.92 Å². The van der Waals surface area contributed by atoms with E-state index in [0.29, 0.717) is 11.5 Å². The fraction of sp³-hybridized carbons (Fsp3) is 0.515. The minimum Gasteiger partial charge on any atom is -0.481 e. The second kappa shape index (κ2) is 11.3. The van der Waals surface area contributed by atoms with Crippen molar-refractivity contribution in [3.05, 3.63) is 53.1 Å². The van der Waals surface area contributed by atoms with Gasteiger partial charge in [-0.2, -0.15) is 0 Å². The molecule has 212 valence electrons. The summed E-state index contributed by atoms with van der Waals surface area (Å²) in [6.07, 6.45) is 8.47. The van der Waals surface area contributed by atoms with Crippen LogP contribution in [-0.2, 0) is 11.3 Å². The molecule has 1 atom stereocenters. The second-order valence-corrected chi connectivity index (χ2v) is 12.2. The summed E-state index contributed by atoms with van der Waals surface area (Å²) < 4.78 is 2.41. The molecule has 6 rings (SSSR count). The van der Waals surface area contributed by atoms with Crippen molar-refractivity contribution in [2.75, 3.05) is 37.6 Å². The number of carboxylic acids is 2. The zero-order valence-corrected chi connectivity index (χ0v) is 23.6. The molecule has 2 aromatic carbocycles. The summed E-state index contributed by atoms with van der Waals surface area (Å²) in [5.74, 6) is -0.856. The molecular weight excluding hydrogens is 502 g/mol. The number of nitrogens with zero attached hydrogens (tertiary/aromatic N) is 3. The Kier molecular flexibility index (Phi) is 7.58. The minimum absolute atomic E-state index is 0.235. The smallest absolute Gasteiger partial charge is 0.335 e. The molecule has 7 heteroatoms. The quantitative estimate of drug-likeness (QED) is 0.360. The molecule has 2 fully saturated rings. The molecule has 1 saturated heterocycles. The molecule has 40 heavy (non-hydrogen) atoms. The van der Waals surface area contributed by atoms with Crippen LogP contribution in [0, 0.1) is 12.8 Å². The van der Waals surface area contributed by atoms with E-state index in [1.54, 1.807) is 6.07 Å². The Labute approximate surface area is 236 Å². The van der Waals surface area contributed by atoms with E-state index in [-0.39, 0.29) is 12.3 Å². The Bertz CT molecular complexity index is 1420. The number of fused-ring (bicyclic) bond motifs is 5. The summed E-state index contributed by atoms with van der Waals surface area (Å²) in [4.78, 5) is 28.2. The number of aryl methyl sites for hydroxylation is 1. The predicted molar refractivity (Wildman–Crippen MR) is 159 cm³/mol. The summed E-state index contributed by atoms with van der Waals surface area (Å²) in [7, 11) is 0. The predicted octanol–water partition coefficient (Wildman–Crippen LogP) is 6.37. The van der Waals surface area contributed by atoms with Gasteiger partial charge in [-0.05, 0) is 80.3 Å². The van der Waals surface area contributed by atoms with Crippen molar-refractivity contribution < 1.29 is 19.8 Å². The van der Waals surface area contributed by atoms with E-state index in [2.05, 4.69) is 45.6 Å². The number of anilines is 1. The summed E-state index contributed by atoms with van der Waals surface area (Å²) in [5.41, 5.74) is 7.81. The van der Waals surface area contributed by atoms with Crippen molar-refractivity contribution in [2.45, 2.75) is 70.8 Å². The standard InChI is InChI=1S/C33H41N3O4/c1-22-9-11-27-28(18-22)35(15-14-34-13-5-6-23(21-34)19-30(37)38)16-17-36-29-20-25(33(39)40)10-12-26(29)31(32(27)36)24-7-3-2-4-8-24/h9-12,18,20,23-24H,2-8,13-17,19,21H2,1H3,(H,37,38)(H,39,40)/t23-/m0/s1. The maximum atomic E-state index is 11.9. The molecule has 3 heterocycles. The van der Waals surface area contributed by atoms with Gasteiger partial charge in [-0.1, -0.05) is 37.5 Å². The maximum absolute atomic E-state index is 11.9. The number of piperidine rings is 1. The van der Waals surface area contributed by atoms with E-state index in [4.69, 9.17) is 0 Å². The number of aromatic nitrogens is 1.